The second-order valence-corrected chi connectivity index (χ2v) is 4.83. The minimum absolute atomic E-state index is 0.0669. The Hall–Kier alpha value is -2.04. The van der Waals surface area contributed by atoms with Crippen molar-refractivity contribution in [3.63, 3.8) is 0 Å². The summed E-state index contributed by atoms with van der Waals surface area (Å²) < 4.78 is 5.18. The van der Waals surface area contributed by atoms with Crippen molar-refractivity contribution in [2.24, 2.45) is 0 Å². The van der Waals surface area contributed by atoms with Crippen molar-refractivity contribution in [2.45, 2.75) is 66.8 Å². The maximum absolute atomic E-state index is 11.1. The number of ether oxygens (including phenoxy) is 1. The van der Waals surface area contributed by atoms with E-state index in [-0.39, 0.29) is 18.4 Å². The van der Waals surface area contributed by atoms with Gasteiger partial charge in [0.15, 0.2) is 0 Å². The first kappa shape index (κ1) is 24.2. The molecular weight excluding hydrogens is 306 g/mol. The zero-order chi connectivity index (χ0) is 19.1. The van der Waals surface area contributed by atoms with Gasteiger partial charge in [0, 0.05) is 13.0 Å². The van der Waals surface area contributed by atoms with E-state index in [9.17, 15) is 9.59 Å². The Bertz CT molecular complexity index is 470. The van der Waals surface area contributed by atoms with Gasteiger partial charge in [-0.3, -0.25) is 9.59 Å². The second-order valence-electron chi connectivity index (χ2n) is 4.83. The van der Waals surface area contributed by atoms with Gasteiger partial charge >= 0.3 is 5.97 Å². The summed E-state index contributed by atoms with van der Waals surface area (Å²) >= 11 is 0. The van der Waals surface area contributed by atoms with E-state index in [1.807, 2.05) is 52.8 Å². The summed E-state index contributed by atoms with van der Waals surface area (Å²) in [4.78, 5) is 21.9. The van der Waals surface area contributed by atoms with E-state index in [1.54, 1.807) is 7.11 Å². The molecule has 0 bridgehead atoms. The summed E-state index contributed by atoms with van der Waals surface area (Å²) in [6.45, 7) is 11.4. The number of nitrogens with one attached hydrogen (secondary N) is 1. The largest absolute Gasteiger partial charge is 0.497 e. The molecule has 0 aliphatic rings. The number of carbonyl (C=O) groups is 2. The molecule has 24 heavy (non-hydrogen) atoms. The molecule has 0 heterocycles. The van der Waals surface area contributed by atoms with Gasteiger partial charge in [0.05, 0.1) is 13.5 Å². The molecule has 0 saturated heterocycles. The molecule has 0 aliphatic carbocycles. The van der Waals surface area contributed by atoms with Crippen molar-refractivity contribution in [1.82, 2.24) is 5.32 Å². The van der Waals surface area contributed by atoms with E-state index in [2.05, 4.69) is 5.32 Å². The molecule has 1 atom stereocenters. The highest BCUT2D eigenvalue weighted by atomic mass is 16.5. The predicted molar refractivity (Wildman–Crippen MR) is 98.6 cm³/mol. The molecule has 5 nitrogen and oxygen atoms in total. The van der Waals surface area contributed by atoms with E-state index in [4.69, 9.17) is 9.84 Å². The van der Waals surface area contributed by atoms with Crippen LogP contribution in [0, 0.1) is 6.92 Å². The van der Waals surface area contributed by atoms with Gasteiger partial charge in [-0.25, -0.2) is 0 Å². The fourth-order valence-electron chi connectivity index (χ4n) is 2.10. The monoisotopic (exact) mass is 339 g/mol. The van der Waals surface area contributed by atoms with Crippen LogP contribution in [0.3, 0.4) is 0 Å². The average Bonchev–Trinajstić information content (AvgIpc) is 2.56. The number of aryl methyl sites for hydroxylation is 2. The number of hydrogen-bond acceptors (Lipinski definition) is 3. The summed E-state index contributed by atoms with van der Waals surface area (Å²) in [5.41, 5.74) is 2.23. The summed E-state index contributed by atoms with van der Waals surface area (Å²) in [6.07, 6.45) is 1.21. The standard InChI is InChI=1S/C15H21NO4.2C2H6/c1-10-4-7-14(20-3)8-12(10)5-6-13(9-15(18)19)16-11(2)17;2*1-2/h4,7-8,13H,5-6,9H2,1-3H3,(H,16,17)(H,18,19);2*1-2H3. The minimum atomic E-state index is -0.911. The van der Waals surface area contributed by atoms with E-state index in [0.29, 0.717) is 12.8 Å². The molecule has 138 valence electrons. The lowest BCUT2D eigenvalue weighted by Gasteiger charge is -2.16. The van der Waals surface area contributed by atoms with E-state index in [1.165, 1.54) is 6.92 Å². The van der Waals surface area contributed by atoms with E-state index < -0.39 is 5.97 Å². The number of carboxylic acids is 1. The van der Waals surface area contributed by atoms with Gasteiger partial charge in [0.25, 0.3) is 0 Å². The Labute approximate surface area is 146 Å². The minimum Gasteiger partial charge on any atom is -0.497 e. The molecule has 0 radical (unpaired) electrons. The van der Waals surface area contributed by atoms with Gasteiger partial charge in [-0.2, -0.15) is 0 Å². The quantitative estimate of drug-likeness (QED) is 0.788. The molecule has 1 amide bonds. The van der Waals surface area contributed by atoms with Crippen LogP contribution in [0.4, 0.5) is 0 Å². The fourth-order valence-corrected chi connectivity index (χ4v) is 2.10. The molecule has 1 rings (SSSR count). The topological polar surface area (TPSA) is 75.6 Å². The van der Waals surface area contributed by atoms with Crippen molar-refractivity contribution < 1.29 is 19.4 Å². The van der Waals surface area contributed by atoms with Gasteiger partial charge in [-0.15, -0.1) is 0 Å². The van der Waals surface area contributed by atoms with Crippen molar-refractivity contribution in [3.05, 3.63) is 29.3 Å². The Balaban J connectivity index is 0. The van der Waals surface area contributed by atoms with Crippen molar-refractivity contribution in [1.29, 1.82) is 0 Å². The van der Waals surface area contributed by atoms with Crippen LogP contribution in [0.25, 0.3) is 0 Å². The highest BCUT2D eigenvalue weighted by molar-refractivity contribution is 5.74. The molecule has 0 saturated carbocycles. The molecule has 5 heteroatoms. The fraction of sp³-hybridized carbons (Fsp3) is 0.579. The lowest BCUT2D eigenvalue weighted by molar-refractivity contribution is -0.137. The zero-order valence-electron chi connectivity index (χ0n) is 16.1. The summed E-state index contributed by atoms with van der Waals surface area (Å²) in [5.74, 6) is -0.343. The third kappa shape index (κ3) is 10.6. The number of carboxylic acid groups (broad SMARTS) is 1. The zero-order valence-corrected chi connectivity index (χ0v) is 16.1. The van der Waals surface area contributed by atoms with Crippen LogP contribution >= 0.6 is 0 Å². The first-order chi connectivity index (χ1) is 11.4. The lowest BCUT2D eigenvalue weighted by Crippen LogP contribution is -2.35. The molecule has 0 aliphatic heterocycles. The van der Waals surface area contributed by atoms with Crippen LogP contribution < -0.4 is 10.1 Å². The van der Waals surface area contributed by atoms with Gasteiger partial charge in [0.1, 0.15) is 5.75 Å². The number of carbonyl (C=O) groups excluding carboxylic acids is 1. The summed E-state index contributed by atoms with van der Waals surface area (Å²) in [6, 6.07) is 5.46. The molecule has 0 spiro atoms. The SMILES string of the molecule is CC.CC.COc1ccc(C)c(CCC(CC(=O)O)NC(C)=O)c1. The van der Waals surface area contributed by atoms with Gasteiger partial charge in [-0.05, 0) is 43.0 Å². The van der Waals surface area contributed by atoms with Gasteiger partial charge in [-0.1, -0.05) is 33.8 Å². The van der Waals surface area contributed by atoms with Crippen molar-refractivity contribution >= 4 is 11.9 Å². The molecule has 2 N–H and O–H groups in total. The molecule has 1 aromatic carbocycles. The Morgan fingerprint density at radius 1 is 1.21 bits per heavy atom. The van der Waals surface area contributed by atoms with E-state index in [0.717, 1.165) is 16.9 Å². The molecule has 0 fully saturated rings. The average molecular weight is 339 g/mol. The molecular formula is C19H33NO4. The molecule has 1 unspecified atom stereocenters. The third-order valence-corrected chi connectivity index (χ3v) is 3.15. The van der Waals surface area contributed by atoms with Crippen molar-refractivity contribution in [3.8, 4) is 5.75 Å². The lowest BCUT2D eigenvalue weighted by atomic mass is 9.99. The first-order valence-electron chi connectivity index (χ1n) is 8.54. The van der Waals surface area contributed by atoms with Gasteiger partial charge < -0.3 is 15.2 Å². The number of aliphatic carboxylic acids is 1. The van der Waals surface area contributed by atoms with Crippen LogP contribution in [0.2, 0.25) is 0 Å². The van der Waals surface area contributed by atoms with Crippen LogP contribution in [0.5, 0.6) is 5.75 Å². The second kappa shape index (κ2) is 14.5. The number of rotatable bonds is 7. The Morgan fingerprint density at radius 3 is 2.25 bits per heavy atom. The maximum atomic E-state index is 11.1. The predicted octanol–water partition coefficient (Wildman–Crippen LogP) is 3.97. The Kier molecular flexibility index (Phi) is 14.7. The maximum Gasteiger partial charge on any atom is 0.305 e. The van der Waals surface area contributed by atoms with Crippen LogP contribution in [-0.2, 0) is 16.0 Å². The molecule has 0 aromatic heterocycles. The van der Waals surface area contributed by atoms with E-state index >= 15 is 0 Å². The van der Waals surface area contributed by atoms with Crippen LogP contribution in [0.15, 0.2) is 18.2 Å². The Morgan fingerprint density at radius 2 is 1.79 bits per heavy atom. The normalized spacial score (nSPS) is 10.3. The number of hydrogen-bond donors (Lipinski definition) is 2. The molecule has 1 aromatic rings. The van der Waals surface area contributed by atoms with Crippen LogP contribution in [-0.4, -0.2) is 30.1 Å². The van der Waals surface area contributed by atoms with Gasteiger partial charge in [0.2, 0.25) is 5.91 Å². The van der Waals surface area contributed by atoms with Crippen LogP contribution in [0.1, 0.15) is 58.6 Å². The summed E-state index contributed by atoms with van der Waals surface area (Å²) in [5, 5.41) is 11.5. The number of amides is 1. The smallest absolute Gasteiger partial charge is 0.305 e. The highest BCUT2D eigenvalue weighted by Crippen LogP contribution is 2.19. The highest BCUT2D eigenvalue weighted by Gasteiger charge is 2.15. The first-order valence-corrected chi connectivity index (χ1v) is 8.54. The number of benzene rings is 1. The van der Waals surface area contributed by atoms with Crippen molar-refractivity contribution in [2.75, 3.05) is 7.11 Å². The number of methoxy groups -OCH3 is 1. The third-order valence-electron chi connectivity index (χ3n) is 3.15. The summed E-state index contributed by atoms with van der Waals surface area (Å²) in [7, 11) is 1.61.